The number of aromatic nitrogens is 1. The van der Waals surface area contributed by atoms with E-state index in [4.69, 9.17) is 4.74 Å². The molecule has 1 aromatic heterocycles. The van der Waals surface area contributed by atoms with Gasteiger partial charge < -0.3 is 14.6 Å². The Morgan fingerprint density at radius 2 is 1.93 bits per heavy atom. The van der Waals surface area contributed by atoms with Crippen LogP contribution in [0, 0.1) is 10.1 Å². The third-order valence-corrected chi connectivity index (χ3v) is 5.87. The van der Waals surface area contributed by atoms with Gasteiger partial charge in [0.25, 0.3) is 5.69 Å². The molecule has 0 radical (unpaired) electrons. The van der Waals surface area contributed by atoms with Gasteiger partial charge in [-0.2, -0.15) is 0 Å². The van der Waals surface area contributed by atoms with Crippen LogP contribution in [0.25, 0.3) is 22.2 Å². The lowest BCUT2D eigenvalue weighted by Crippen LogP contribution is -2.33. The van der Waals surface area contributed by atoms with Crippen molar-refractivity contribution in [1.29, 1.82) is 0 Å². The summed E-state index contributed by atoms with van der Waals surface area (Å²) in [7, 11) is 1.69. The van der Waals surface area contributed by atoms with Crippen LogP contribution in [0.2, 0.25) is 0 Å². The maximum absolute atomic E-state index is 11.0. The SMILES string of the molecule is COc1ccc2[nH]c3c(c2c1)CCN1CCCC(c2ccc([N+](=O)[O-])cc2)=C31. The van der Waals surface area contributed by atoms with Gasteiger partial charge in [0.1, 0.15) is 5.75 Å². The summed E-state index contributed by atoms with van der Waals surface area (Å²) in [4.78, 5) is 16.7. The summed E-state index contributed by atoms with van der Waals surface area (Å²) in [5.41, 5.74) is 7.34. The second kappa shape index (κ2) is 6.41. The first-order valence-corrected chi connectivity index (χ1v) is 9.57. The Morgan fingerprint density at radius 1 is 1.11 bits per heavy atom. The van der Waals surface area contributed by atoms with Crippen LogP contribution in [-0.4, -0.2) is 35.0 Å². The number of allylic oxidation sites excluding steroid dienone is 1. The number of ether oxygens (including phenoxy) is 1. The molecule has 142 valence electrons. The molecule has 0 unspecified atom stereocenters. The molecule has 0 atom stereocenters. The Balaban J connectivity index is 1.70. The lowest BCUT2D eigenvalue weighted by molar-refractivity contribution is -0.384. The largest absolute Gasteiger partial charge is 0.497 e. The van der Waals surface area contributed by atoms with Crippen molar-refractivity contribution in [2.45, 2.75) is 19.3 Å². The Bertz CT molecular complexity index is 1110. The first-order valence-electron chi connectivity index (χ1n) is 9.57. The van der Waals surface area contributed by atoms with E-state index in [-0.39, 0.29) is 10.6 Å². The van der Waals surface area contributed by atoms with Crippen molar-refractivity contribution in [2.75, 3.05) is 20.2 Å². The van der Waals surface area contributed by atoms with Gasteiger partial charge in [0, 0.05) is 36.1 Å². The average Bonchev–Trinajstić information content (AvgIpc) is 3.11. The van der Waals surface area contributed by atoms with Crippen molar-refractivity contribution < 1.29 is 9.66 Å². The smallest absolute Gasteiger partial charge is 0.269 e. The number of H-pyrrole nitrogens is 1. The number of nitro benzene ring substituents is 1. The van der Waals surface area contributed by atoms with E-state index in [1.165, 1.54) is 27.9 Å². The highest BCUT2D eigenvalue weighted by atomic mass is 16.6. The van der Waals surface area contributed by atoms with Gasteiger partial charge in [-0.15, -0.1) is 0 Å². The number of nitro groups is 1. The zero-order valence-electron chi connectivity index (χ0n) is 15.7. The maximum Gasteiger partial charge on any atom is 0.269 e. The van der Waals surface area contributed by atoms with Gasteiger partial charge >= 0.3 is 0 Å². The molecule has 2 aliphatic heterocycles. The van der Waals surface area contributed by atoms with E-state index in [2.05, 4.69) is 22.0 Å². The van der Waals surface area contributed by atoms with Gasteiger partial charge in [-0.1, -0.05) is 0 Å². The predicted molar refractivity (Wildman–Crippen MR) is 109 cm³/mol. The molecule has 6 heteroatoms. The summed E-state index contributed by atoms with van der Waals surface area (Å²) in [6.45, 7) is 2.03. The van der Waals surface area contributed by atoms with Crippen molar-refractivity contribution >= 4 is 27.9 Å². The summed E-state index contributed by atoms with van der Waals surface area (Å²) < 4.78 is 5.42. The van der Waals surface area contributed by atoms with Crippen LogP contribution >= 0.6 is 0 Å². The molecule has 0 fully saturated rings. The molecule has 2 aliphatic rings. The number of nitrogens with zero attached hydrogens (tertiary/aromatic N) is 2. The first-order chi connectivity index (χ1) is 13.7. The number of non-ortho nitro benzene ring substituents is 1. The Morgan fingerprint density at radius 3 is 2.68 bits per heavy atom. The molecule has 2 aromatic carbocycles. The molecule has 0 saturated carbocycles. The second-order valence-electron chi connectivity index (χ2n) is 7.36. The summed E-state index contributed by atoms with van der Waals surface area (Å²) in [6.07, 6.45) is 3.07. The minimum Gasteiger partial charge on any atom is -0.497 e. The van der Waals surface area contributed by atoms with E-state index in [1.54, 1.807) is 19.2 Å². The number of hydrogen-bond donors (Lipinski definition) is 1. The lowest BCUT2D eigenvalue weighted by Gasteiger charge is -2.37. The maximum atomic E-state index is 11.0. The summed E-state index contributed by atoms with van der Waals surface area (Å²) in [6, 6.07) is 13.1. The van der Waals surface area contributed by atoms with E-state index in [0.29, 0.717) is 0 Å². The molecule has 6 nitrogen and oxygen atoms in total. The molecule has 1 N–H and O–H groups in total. The van der Waals surface area contributed by atoms with Gasteiger partial charge in [0.05, 0.1) is 23.4 Å². The lowest BCUT2D eigenvalue weighted by atomic mass is 9.89. The van der Waals surface area contributed by atoms with Crippen molar-refractivity contribution in [1.82, 2.24) is 9.88 Å². The highest BCUT2D eigenvalue weighted by Gasteiger charge is 2.30. The third kappa shape index (κ3) is 2.56. The van der Waals surface area contributed by atoms with Crippen LogP contribution in [-0.2, 0) is 6.42 Å². The Hall–Kier alpha value is -3.28. The molecular weight excluding hydrogens is 354 g/mol. The van der Waals surface area contributed by atoms with Gasteiger partial charge in [-0.25, -0.2) is 0 Å². The molecule has 0 aliphatic carbocycles. The van der Waals surface area contributed by atoms with E-state index in [9.17, 15) is 10.1 Å². The molecule has 0 bridgehead atoms. The average molecular weight is 375 g/mol. The fourth-order valence-electron chi connectivity index (χ4n) is 4.53. The van der Waals surface area contributed by atoms with Crippen LogP contribution in [0.3, 0.4) is 0 Å². The Kier molecular flexibility index (Phi) is 3.86. The number of rotatable bonds is 3. The summed E-state index contributed by atoms with van der Waals surface area (Å²) >= 11 is 0. The third-order valence-electron chi connectivity index (χ3n) is 5.87. The van der Waals surface area contributed by atoms with Crippen LogP contribution in [0.4, 0.5) is 5.69 Å². The topological polar surface area (TPSA) is 71.4 Å². The van der Waals surface area contributed by atoms with Crippen molar-refractivity contribution in [3.05, 3.63) is 69.4 Å². The molecule has 0 amide bonds. The number of benzene rings is 2. The van der Waals surface area contributed by atoms with Gasteiger partial charge in [0.15, 0.2) is 0 Å². The highest BCUT2D eigenvalue weighted by Crippen LogP contribution is 2.42. The normalized spacial score (nSPS) is 16.1. The van der Waals surface area contributed by atoms with Gasteiger partial charge in [-0.05, 0) is 66.3 Å². The predicted octanol–water partition coefficient (Wildman–Crippen LogP) is 4.60. The quantitative estimate of drug-likeness (QED) is 0.536. The second-order valence-corrected chi connectivity index (χ2v) is 7.36. The fourth-order valence-corrected chi connectivity index (χ4v) is 4.53. The standard InChI is InChI=1S/C22H21N3O3/c1-28-16-8-9-20-19(13-16)18-10-12-24-11-2-3-17(22(24)21(18)23-20)14-4-6-15(7-5-14)25(26)27/h4-9,13,23H,2-3,10-12H2,1H3. The number of aromatic amines is 1. The zero-order chi connectivity index (χ0) is 19.3. The van der Waals surface area contributed by atoms with E-state index in [1.807, 2.05) is 18.2 Å². The minimum absolute atomic E-state index is 0.129. The van der Waals surface area contributed by atoms with E-state index in [0.717, 1.165) is 49.2 Å². The molecule has 0 saturated heterocycles. The fraction of sp³-hybridized carbons (Fsp3) is 0.273. The number of methoxy groups -OCH3 is 1. The molecule has 3 heterocycles. The van der Waals surface area contributed by atoms with Crippen molar-refractivity contribution in [2.24, 2.45) is 0 Å². The molecular formula is C22H21N3O3. The molecule has 0 spiro atoms. The number of hydrogen-bond acceptors (Lipinski definition) is 4. The van der Waals surface area contributed by atoms with Gasteiger partial charge in [0.2, 0.25) is 0 Å². The number of fused-ring (bicyclic) bond motifs is 5. The summed E-state index contributed by atoms with van der Waals surface area (Å²) in [5, 5.41) is 12.2. The number of nitrogens with one attached hydrogen (secondary N) is 1. The monoisotopic (exact) mass is 375 g/mol. The minimum atomic E-state index is -0.349. The van der Waals surface area contributed by atoms with Gasteiger partial charge in [-0.3, -0.25) is 10.1 Å². The molecule has 5 rings (SSSR count). The zero-order valence-corrected chi connectivity index (χ0v) is 15.7. The van der Waals surface area contributed by atoms with Crippen LogP contribution in [0.1, 0.15) is 29.7 Å². The van der Waals surface area contributed by atoms with Crippen molar-refractivity contribution in [3.8, 4) is 5.75 Å². The first kappa shape index (κ1) is 16.9. The van der Waals surface area contributed by atoms with Crippen LogP contribution in [0.15, 0.2) is 42.5 Å². The molecule has 28 heavy (non-hydrogen) atoms. The van der Waals surface area contributed by atoms with E-state index < -0.39 is 0 Å². The highest BCUT2D eigenvalue weighted by molar-refractivity contribution is 5.97. The van der Waals surface area contributed by atoms with Crippen molar-refractivity contribution in [3.63, 3.8) is 0 Å². The molecule has 3 aromatic rings. The van der Waals surface area contributed by atoms with Crippen LogP contribution in [0.5, 0.6) is 5.75 Å². The summed E-state index contributed by atoms with van der Waals surface area (Å²) in [5.74, 6) is 0.866. The van der Waals surface area contributed by atoms with E-state index >= 15 is 0 Å². The Labute approximate surface area is 162 Å². The van der Waals surface area contributed by atoms with Crippen LogP contribution < -0.4 is 4.74 Å².